The van der Waals surface area contributed by atoms with Gasteiger partial charge < -0.3 is 0 Å². The normalized spacial score (nSPS) is 17.3. The van der Waals surface area contributed by atoms with Crippen LogP contribution in [0.4, 0.5) is 0 Å². The Labute approximate surface area is 150 Å². The zero-order valence-electron chi connectivity index (χ0n) is 14.1. The number of carbonyl (C=O) groups is 1. The van der Waals surface area contributed by atoms with E-state index in [4.69, 9.17) is 0 Å². The third kappa shape index (κ3) is 2.82. The fraction of sp³-hybridized carbons (Fsp3) is 0.263. The van der Waals surface area contributed by atoms with Gasteiger partial charge in [0, 0.05) is 30.3 Å². The van der Waals surface area contributed by atoms with Crippen LogP contribution in [0.15, 0.2) is 53.2 Å². The van der Waals surface area contributed by atoms with E-state index in [1.807, 2.05) is 49.6 Å². The predicted octanol–water partition coefficient (Wildman–Crippen LogP) is 4.03. The van der Waals surface area contributed by atoms with Crippen molar-refractivity contribution in [1.29, 1.82) is 0 Å². The van der Waals surface area contributed by atoms with Crippen molar-refractivity contribution in [2.24, 2.45) is 11.0 Å². The van der Waals surface area contributed by atoms with Crippen LogP contribution in [0.25, 0.3) is 11.0 Å². The van der Waals surface area contributed by atoms with Crippen LogP contribution in [0, 0.1) is 5.92 Å². The Kier molecular flexibility index (Phi) is 4.05. The molecular formula is C19H18N4OS. The number of amides is 1. The summed E-state index contributed by atoms with van der Waals surface area (Å²) in [6.45, 7) is 3.81. The lowest BCUT2D eigenvalue weighted by molar-refractivity contribution is -0.136. The van der Waals surface area contributed by atoms with E-state index >= 15 is 0 Å². The number of nitrogens with zero attached hydrogens (tertiary/aromatic N) is 4. The first kappa shape index (κ1) is 15.9. The van der Waals surface area contributed by atoms with Crippen LogP contribution in [0.3, 0.4) is 0 Å². The summed E-state index contributed by atoms with van der Waals surface area (Å²) >= 11 is 1.65. The minimum atomic E-state index is -0.146. The molecule has 0 bridgehead atoms. The molecule has 0 saturated carbocycles. The molecule has 5 nitrogen and oxygen atoms in total. The lowest BCUT2D eigenvalue weighted by Gasteiger charge is -2.24. The Morgan fingerprint density at radius 1 is 1.20 bits per heavy atom. The second-order valence-corrected chi connectivity index (χ2v) is 7.30. The van der Waals surface area contributed by atoms with Crippen LogP contribution < -0.4 is 0 Å². The van der Waals surface area contributed by atoms with Gasteiger partial charge in [-0.2, -0.15) is 5.10 Å². The highest BCUT2D eigenvalue weighted by molar-refractivity contribution is 7.12. The largest absolute Gasteiger partial charge is 0.273 e. The summed E-state index contributed by atoms with van der Waals surface area (Å²) in [6.07, 6.45) is 4.07. The molecule has 3 heterocycles. The van der Waals surface area contributed by atoms with Gasteiger partial charge in [0.05, 0.1) is 27.7 Å². The van der Waals surface area contributed by atoms with Gasteiger partial charge in [0.25, 0.3) is 0 Å². The maximum Gasteiger partial charge on any atom is 0.245 e. The Morgan fingerprint density at radius 3 is 2.80 bits per heavy atom. The van der Waals surface area contributed by atoms with Crippen LogP contribution >= 0.6 is 11.3 Å². The molecule has 25 heavy (non-hydrogen) atoms. The number of carbonyl (C=O) groups excluding carboxylic acids is 1. The molecule has 0 saturated heterocycles. The lowest BCUT2D eigenvalue weighted by atomic mass is 9.99. The SMILES string of the molecule is CC(C)C(=O)N1N=C(c2cccs2)CC1c1cccc2nccnc12. The van der Waals surface area contributed by atoms with Crippen molar-refractivity contribution in [2.75, 3.05) is 0 Å². The highest BCUT2D eigenvalue weighted by Crippen LogP contribution is 2.36. The summed E-state index contributed by atoms with van der Waals surface area (Å²) in [7, 11) is 0. The van der Waals surface area contributed by atoms with Gasteiger partial charge in [-0.1, -0.05) is 32.0 Å². The van der Waals surface area contributed by atoms with Gasteiger partial charge in [0.15, 0.2) is 0 Å². The van der Waals surface area contributed by atoms with E-state index in [0.717, 1.165) is 27.2 Å². The van der Waals surface area contributed by atoms with Crippen LogP contribution in [0.1, 0.15) is 36.8 Å². The number of fused-ring (bicyclic) bond motifs is 1. The Balaban J connectivity index is 1.81. The van der Waals surface area contributed by atoms with E-state index in [0.29, 0.717) is 6.42 Å². The third-order valence-electron chi connectivity index (χ3n) is 4.32. The van der Waals surface area contributed by atoms with Gasteiger partial charge in [-0.05, 0) is 17.5 Å². The van der Waals surface area contributed by atoms with Gasteiger partial charge in [-0.15, -0.1) is 11.3 Å². The highest BCUT2D eigenvalue weighted by atomic mass is 32.1. The van der Waals surface area contributed by atoms with E-state index in [-0.39, 0.29) is 17.9 Å². The van der Waals surface area contributed by atoms with Crippen LogP contribution in [-0.4, -0.2) is 26.6 Å². The van der Waals surface area contributed by atoms with E-state index < -0.39 is 0 Å². The van der Waals surface area contributed by atoms with E-state index in [1.165, 1.54) is 0 Å². The average Bonchev–Trinajstić information content (AvgIpc) is 3.30. The smallest absolute Gasteiger partial charge is 0.245 e. The second kappa shape index (κ2) is 6.37. The van der Waals surface area contributed by atoms with Gasteiger partial charge in [0.2, 0.25) is 5.91 Å². The molecule has 3 aromatic rings. The topological polar surface area (TPSA) is 58.5 Å². The first-order chi connectivity index (χ1) is 12.1. The fourth-order valence-electron chi connectivity index (χ4n) is 3.10. The highest BCUT2D eigenvalue weighted by Gasteiger charge is 2.35. The first-order valence-electron chi connectivity index (χ1n) is 8.29. The van der Waals surface area contributed by atoms with Gasteiger partial charge in [0.1, 0.15) is 0 Å². The molecule has 0 N–H and O–H groups in total. The molecule has 1 unspecified atom stereocenters. The first-order valence-corrected chi connectivity index (χ1v) is 9.17. The molecule has 2 aromatic heterocycles. The molecular weight excluding hydrogens is 332 g/mol. The maximum atomic E-state index is 12.8. The summed E-state index contributed by atoms with van der Waals surface area (Å²) in [5, 5.41) is 8.35. The number of hydrogen-bond acceptors (Lipinski definition) is 5. The number of rotatable bonds is 3. The number of thiophene rings is 1. The van der Waals surface area contributed by atoms with Crippen molar-refractivity contribution in [3.05, 3.63) is 58.5 Å². The van der Waals surface area contributed by atoms with Gasteiger partial charge in [-0.25, -0.2) is 5.01 Å². The zero-order valence-corrected chi connectivity index (χ0v) is 14.9. The predicted molar refractivity (Wildman–Crippen MR) is 99.4 cm³/mol. The minimum absolute atomic E-state index is 0.0254. The minimum Gasteiger partial charge on any atom is -0.273 e. The van der Waals surface area contributed by atoms with Crippen molar-refractivity contribution in [1.82, 2.24) is 15.0 Å². The van der Waals surface area contributed by atoms with Crippen LogP contribution in [0.2, 0.25) is 0 Å². The zero-order chi connectivity index (χ0) is 17.4. The lowest BCUT2D eigenvalue weighted by Crippen LogP contribution is -2.30. The van der Waals surface area contributed by atoms with E-state index in [9.17, 15) is 4.79 Å². The van der Waals surface area contributed by atoms with E-state index in [1.54, 1.807) is 28.7 Å². The molecule has 0 radical (unpaired) electrons. The standard InChI is InChI=1S/C19H18N4OS/c1-12(2)19(24)23-16(11-15(22-23)17-7-4-10-25-17)13-5-3-6-14-18(13)21-9-8-20-14/h3-10,12,16H,11H2,1-2H3. The molecule has 1 amide bonds. The monoisotopic (exact) mass is 350 g/mol. The molecule has 0 spiro atoms. The molecule has 126 valence electrons. The Morgan fingerprint density at radius 2 is 2.04 bits per heavy atom. The number of para-hydroxylation sites is 1. The van der Waals surface area contributed by atoms with Crippen molar-refractivity contribution in [2.45, 2.75) is 26.3 Å². The van der Waals surface area contributed by atoms with Gasteiger partial charge >= 0.3 is 0 Å². The Bertz CT molecular complexity index is 944. The molecule has 1 aliphatic heterocycles. The van der Waals surface area contributed by atoms with Crippen LogP contribution in [0.5, 0.6) is 0 Å². The van der Waals surface area contributed by atoms with Gasteiger partial charge in [-0.3, -0.25) is 14.8 Å². The number of benzene rings is 1. The summed E-state index contributed by atoms with van der Waals surface area (Å²) in [4.78, 5) is 22.8. The number of aromatic nitrogens is 2. The van der Waals surface area contributed by atoms with Crippen LogP contribution in [-0.2, 0) is 4.79 Å². The Hall–Kier alpha value is -2.60. The van der Waals surface area contributed by atoms with Crippen molar-refractivity contribution >= 4 is 34.0 Å². The van der Waals surface area contributed by atoms with Crippen molar-refractivity contribution < 1.29 is 4.79 Å². The molecule has 0 fully saturated rings. The van der Waals surface area contributed by atoms with Crippen molar-refractivity contribution in [3.63, 3.8) is 0 Å². The average molecular weight is 350 g/mol. The van der Waals surface area contributed by atoms with E-state index in [2.05, 4.69) is 15.1 Å². The van der Waals surface area contributed by atoms with Crippen molar-refractivity contribution in [3.8, 4) is 0 Å². The molecule has 0 aliphatic carbocycles. The quantitative estimate of drug-likeness (QED) is 0.717. The summed E-state index contributed by atoms with van der Waals surface area (Å²) in [5.74, 6) is -0.0903. The molecule has 1 atom stereocenters. The molecule has 1 aromatic carbocycles. The molecule has 1 aliphatic rings. The molecule has 4 rings (SSSR count). The number of hydrazone groups is 1. The second-order valence-electron chi connectivity index (χ2n) is 6.35. The number of hydrogen-bond donors (Lipinski definition) is 0. The maximum absolute atomic E-state index is 12.8. The molecule has 6 heteroatoms. The fourth-order valence-corrected chi connectivity index (χ4v) is 3.82. The summed E-state index contributed by atoms with van der Waals surface area (Å²) in [6, 6.07) is 9.84. The summed E-state index contributed by atoms with van der Waals surface area (Å²) < 4.78 is 0. The summed E-state index contributed by atoms with van der Waals surface area (Å²) in [5.41, 5.74) is 3.62. The third-order valence-corrected chi connectivity index (χ3v) is 5.24.